The number of aromatic nitrogens is 4. The van der Waals surface area contributed by atoms with Gasteiger partial charge in [0.25, 0.3) is 0 Å². The summed E-state index contributed by atoms with van der Waals surface area (Å²) < 4.78 is 11.6. The van der Waals surface area contributed by atoms with E-state index in [1.54, 1.807) is 24.3 Å². The number of hydrogen-bond acceptors (Lipinski definition) is 7. The van der Waals surface area contributed by atoms with Gasteiger partial charge in [0.15, 0.2) is 0 Å². The lowest BCUT2D eigenvalue weighted by Gasteiger charge is -2.07. The number of benzene rings is 1. The molecule has 20 heavy (non-hydrogen) atoms. The summed E-state index contributed by atoms with van der Waals surface area (Å²) in [5.41, 5.74) is 0.560. The highest BCUT2D eigenvalue weighted by molar-refractivity contribution is 5.68. The standard InChI is InChI=1S/C12H11N5O3/c13-7-10-1-3-11(4-2-10)19-5-6-20-12(18)8-17-9-14-15-16-17/h1-4,9H,5-6,8H2. The second-order valence-electron chi connectivity index (χ2n) is 3.71. The fourth-order valence-corrected chi connectivity index (χ4v) is 1.37. The van der Waals surface area contributed by atoms with Crippen molar-refractivity contribution in [1.29, 1.82) is 5.26 Å². The van der Waals surface area contributed by atoms with Crippen molar-refractivity contribution in [3.63, 3.8) is 0 Å². The summed E-state index contributed by atoms with van der Waals surface area (Å²) in [7, 11) is 0. The molecular weight excluding hydrogens is 262 g/mol. The van der Waals surface area contributed by atoms with Gasteiger partial charge in [-0.05, 0) is 34.7 Å². The zero-order valence-corrected chi connectivity index (χ0v) is 10.5. The number of ether oxygens (including phenoxy) is 2. The number of nitrogens with zero attached hydrogens (tertiary/aromatic N) is 5. The van der Waals surface area contributed by atoms with Crippen molar-refractivity contribution in [1.82, 2.24) is 20.2 Å². The predicted octanol–water partition coefficient (Wildman–Crippen LogP) is 0.167. The molecule has 0 saturated carbocycles. The third kappa shape index (κ3) is 4.06. The van der Waals surface area contributed by atoms with Crippen LogP contribution in [0.1, 0.15) is 5.56 Å². The Hall–Kier alpha value is -2.95. The summed E-state index contributed by atoms with van der Waals surface area (Å²) >= 11 is 0. The molecule has 8 heteroatoms. The molecule has 0 bridgehead atoms. The molecular formula is C12H11N5O3. The molecule has 0 spiro atoms. The lowest BCUT2D eigenvalue weighted by molar-refractivity contribution is -0.145. The summed E-state index contributed by atoms with van der Waals surface area (Å²) in [4.78, 5) is 11.4. The Morgan fingerprint density at radius 1 is 1.30 bits per heavy atom. The van der Waals surface area contributed by atoms with E-state index >= 15 is 0 Å². The van der Waals surface area contributed by atoms with Crippen LogP contribution >= 0.6 is 0 Å². The number of hydrogen-bond donors (Lipinski definition) is 0. The molecule has 8 nitrogen and oxygen atoms in total. The van der Waals surface area contributed by atoms with Crippen LogP contribution in [0.2, 0.25) is 0 Å². The molecule has 0 aliphatic carbocycles. The Labute approximate surface area is 114 Å². The zero-order chi connectivity index (χ0) is 14.2. The third-order valence-electron chi connectivity index (χ3n) is 2.28. The van der Waals surface area contributed by atoms with Crippen molar-refractivity contribution in [3.05, 3.63) is 36.2 Å². The van der Waals surface area contributed by atoms with Crippen molar-refractivity contribution < 1.29 is 14.3 Å². The molecule has 0 radical (unpaired) electrons. The maximum absolute atomic E-state index is 11.4. The molecule has 1 heterocycles. The zero-order valence-electron chi connectivity index (χ0n) is 10.5. The normalized spacial score (nSPS) is 9.75. The van der Waals surface area contributed by atoms with Crippen LogP contribution in [0.25, 0.3) is 0 Å². The van der Waals surface area contributed by atoms with Crippen molar-refractivity contribution in [2.75, 3.05) is 13.2 Å². The van der Waals surface area contributed by atoms with Gasteiger partial charge in [-0.25, -0.2) is 4.68 Å². The average Bonchev–Trinajstić information content (AvgIpc) is 2.97. The summed E-state index contributed by atoms with van der Waals surface area (Å²) in [6.07, 6.45) is 1.33. The molecule has 0 saturated heterocycles. The van der Waals surface area contributed by atoms with Gasteiger partial charge in [0.2, 0.25) is 0 Å². The Kier molecular flexibility index (Phi) is 4.61. The number of carbonyl (C=O) groups excluding carboxylic acids is 1. The van der Waals surface area contributed by atoms with Crippen LogP contribution in [-0.2, 0) is 16.1 Å². The Morgan fingerprint density at radius 3 is 2.75 bits per heavy atom. The van der Waals surface area contributed by atoms with Gasteiger partial charge >= 0.3 is 5.97 Å². The van der Waals surface area contributed by atoms with Gasteiger partial charge in [0.05, 0.1) is 11.6 Å². The Morgan fingerprint density at radius 2 is 2.10 bits per heavy atom. The van der Waals surface area contributed by atoms with E-state index < -0.39 is 5.97 Å². The first-order valence-corrected chi connectivity index (χ1v) is 5.77. The minimum absolute atomic E-state index is 0.0378. The lowest BCUT2D eigenvalue weighted by atomic mass is 10.2. The van der Waals surface area contributed by atoms with Gasteiger partial charge in [-0.1, -0.05) is 0 Å². The van der Waals surface area contributed by atoms with Crippen LogP contribution in [-0.4, -0.2) is 39.4 Å². The highest BCUT2D eigenvalue weighted by Gasteiger charge is 2.05. The highest BCUT2D eigenvalue weighted by atomic mass is 16.6. The van der Waals surface area contributed by atoms with Crippen LogP contribution in [0, 0.1) is 11.3 Å². The van der Waals surface area contributed by atoms with E-state index in [1.165, 1.54) is 11.0 Å². The van der Waals surface area contributed by atoms with Crippen LogP contribution in [0.5, 0.6) is 5.75 Å². The van der Waals surface area contributed by atoms with E-state index in [1.807, 2.05) is 6.07 Å². The molecule has 0 N–H and O–H groups in total. The minimum atomic E-state index is -0.444. The van der Waals surface area contributed by atoms with Gasteiger partial charge < -0.3 is 9.47 Å². The number of carbonyl (C=O) groups is 1. The Bertz CT molecular complexity index is 589. The van der Waals surface area contributed by atoms with Crippen LogP contribution < -0.4 is 4.74 Å². The molecule has 0 amide bonds. The molecule has 1 aromatic carbocycles. The third-order valence-corrected chi connectivity index (χ3v) is 2.28. The second-order valence-corrected chi connectivity index (χ2v) is 3.71. The quantitative estimate of drug-likeness (QED) is 0.545. The van der Waals surface area contributed by atoms with Gasteiger partial charge in [-0.2, -0.15) is 5.26 Å². The van der Waals surface area contributed by atoms with Gasteiger partial charge in [0, 0.05) is 0 Å². The molecule has 0 fully saturated rings. The molecule has 0 aliphatic rings. The number of rotatable bonds is 6. The van der Waals surface area contributed by atoms with Crippen LogP contribution in [0.4, 0.5) is 0 Å². The van der Waals surface area contributed by atoms with Gasteiger partial charge in [0.1, 0.15) is 31.8 Å². The van der Waals surface area contributed by atoms with Crippen molar-refractivity contribution in [2.24, 2.45) is 0 Å². The monoisotopic (exact) mass is 273 g/mol. The number of tetrazole rings is 1. The molecule has 2 rings (SSSR count). The first-order valence-electron chi connectivity index (χ1n) is 5.77. The summed E-state index contributed by atoms with van der Waals surface area (Å²) in [6.45, 7) is 0.318. The summed E-state index contributed by atoms with van der Waals surface area (Å²) in [5.74, 6) is 0.168. The van der Waals surface area contributed by atoms with Crippen molar-refractivity contribution >= 4 is 5.97 Å². The molecule has 0 atom stereocenters. The van der Waals surface area contributed by atoms with Gasteiger partial charge in [-0.15, -0.1) is 5.10 Å². The van der Waals surface area contributed by atoms with E-state index in [9.17, 15) is 4.79 Å². The second kappa shape index (κ2) is 6.84. The van der Waals surface area contributed by atoms with Crippen LogP contribution in [0.3, 0.4) is 0 Å². The van der Waals surface area contributed by atoms with Crippen LogP contribution in [0.15, 0.2) is 30.6 Å². The molecule has 0 unspecified atom stereocenters. The fraction of sp³-hybridized carbons (Fsp3) is 0.250. The van der Waals surface area contributed by atoms with E-state index in [0.29, 0.717) is 11.3 Å². The first kappa shape index (κ1) is 13.5. The van der Waals surface area contributed by atoms with Gasteiger partial charge in [-0.3, -0.25) is 4.79 Å². The molecule has 0 aliphatic heterocycles. The predicted molar refractivity (Wildman–Crippen MR) is 65.4 cm³/mol. The first-order chi connectivity index (χ1) is 9.78. The highest BCUT2D eigenvalue weighted by Crippen LogP contribution is 2.11. The maximum Gasteiger partial charge on any atom is 0.328 e. The molecule has 2 aromatic rings. The van der Waals surface area contributed by atoms with Crippen molar-refractivity contribution in [2.45, 2.75) is 6.54 Å². The van der Waals surface area contributed by atoms with E-state index in [0.717, 1.165) is 0 Å². The summed E-state index contributed by atoms with van der Waals surface area (Å²) in [6, 6.07) is 8.68. The SMILES string of the molecule is N#Cc1ccc(OCCOC(=O)Cn2cnnn2)cc1. The Balaban J connectivity index is 1.65. The maximum atomic E-state index is 11.4. The summed E-state index contributed by atoms with van der Waals surface area (Å²) in [5, 5.41) is 19.0. The van der Waals surface area contributed by atoms with E-state index in [-0.39, 0.29) is 19.8 Å². The van der Waals surface area contributed by atoms with E-state index in [4.69, 9.17) is 14.7 Å². The number of esters is 1. The lowest BCUT2D eigenvalue weighted by Crippen LogP contribution is -2.17. The molecule has 1 aromatic heterocycles. The minimum Gasteiger partial charge on any atom is -0.490 e. The topological polar surface area (TPSA) is 103 Å². The average molecular weight is 273 g/mol. The largest absolute Gasteiger partial charge is 0.490 e. The van der Waals surface area contributed by atoms with Crippen molar-refractivity contribution in [3.8, 4) is 11.8 Å². The molecule has 102 valence electrons. The smallest absolute Gasteiger partial charge is 0.328 e. The number of nitriles is 1. The van der Waals surface area contributed by atoms with E-state index in [2.05, 4.69) is 15.5 Å². The fourth-order valence-electron chi connectivity index (χ4n) is 1.37.